The largest absolute Gasteiger partial charge is 0.420 e. The van der Waals surface area contributed by atoms with E-state index in [1.54, 1.807) is 7.05 Å². The summed E-state index contributed by atoms with van der Waals surface area (Å²) in [6, 6.07) is 8.92. The fourth-order valence-corrected chi connectivity index (χ4v) is 2.16. The molecule has 0 atom stereocenters. The third kappa shape index (κ3) is 2.23. The van der Waals surface area contributed by atoms with Crippen molar-refractivity contribution >= 4 is 28.5 Å². The molecule has 5 nitrogen and oxygen atoms in total. The standard InChI is InChI=1S/C14H10ClN3O2/c1-18-13(11-4-2-3-5-12(11)17-18)14(19)20-10-6-9(15)7-16-8-10/h2-8H,1H3. The summed E-state index contributed by atoms with van der Waals surface area (Å²) in [5, 5.41) is 5.42. The molecule has 0 spiro atoms. The molecule has 3 aromatic rings. The van der Waals surface area contributed by atoms with E-state index in [2.05, 4.69) is 10.1 Å². The molecular weight excluding hydrogens is 278 g/mol. The van der Waals surface area contributed by atoms with E-state index >= 15 is 0 Å². The SMILES string of the molecule is Cn1nc2ccccc2c1C(=O)Oc1cncc(Cl)c1. The van der Waals surface area contributed by atoms with Crippen molar-refractivity contribution in [2.75, 3.05) is 0 Å². The minimum Gasteiger partial charge on any atom is -0.420 e. The van der Waals surface area contributed by atoms with Crippen molar-refractivity contribution in [3.63, 3.8) is 0 Å². The van der Waals surface area contributed by atoms with E-state index in [4.69, 9.17) is 16.3 Å². The zero-order valence-electron chi connectivity index (χ0n) is 10.6. The van der Waals surface area contributed by atoms with Crippen molar-refractivity contribution in [2.45, 2.75) is 0 Å². The Kier molecular flexibility index (Phi) is 3.12. The van der Waals surface area contributed by atoms with Crippen LogP contribution in [0.2, 0.25) is 5.02 Å². The number of halogens is 1. The summed E-state index contributed by atoms with van der Waals surface area (Å²) in [6.07, 6.45) is 2.90. The van der Waals surface area contributed by atoms with Gasteiger partial charge in [0.1, 0.15) is 0 Å². The molecule has 0 radical (unpaired) electrons. The monoisotopic (exact) mass is 287 g/mol. The lowest BCUT2D eigenvalue weighted by atomic mass is 10.2. The maximum Gasteiger partial charge on any atom is 0.362 e. The fourth-order valence-electron chi connectivity index (χ4n) is 1.99. The molecule has 0 aliphatic rings. The normalized spacial score (nSPS) is 10.7. The van der Waals surface area contributed by atoms with Gasteiger partial charge in [0.15, 0.2) is 11.4 Å². The number of pyridine rings is 1. The Bertz CT molecular complexity index is 798. The molecule has 0 amide bonds. The maximum absolute atomic E-state index is 12.3. The second kappa shape index (κ2) is 4.94. The summed E-state index contributed by atoms with van der Waals surface area (Å²) >= 11 is 5.81. The Hall–Kier alpha value is -2.40. The number of aromatic nitrogens is 3. The van der Waals surface area contributed by atoms with Gasteiger partial charge in [-0.05, 0) is 6.07 Å². The van der Waals surface area contributed by atoms with E-state index in [0.717, 1.165) is 10.9 Å². The van der Waals surface area contributed by atoms with Crippen LogP contribution in [0, 0.1) is 0 Å². The number of ether oxygens (including phenoxy) is 1. The van der Waals surface area contributed by atoms with Crippen molar-refractivity contribution in [3.8, 4) is 5.75 Å². The number of hydrogen-bond donors (Lipinski definition) is 0. The molecule has 0 saturated heterocycles. The third-order valence-corrected chi connectivity index (χ3v) is 3.03. The lowest BCUT2D eigenvalue weighted by Crippen LogP contribution is -2.14. The number of nitrogens with zero attached hydrogens (tertiary/aromatic N) is 3. The van der Waals surface area contributed by atoms with Crippen molar-refractivity contribution in [3.05, 3.63) is 53.4 Å². The van der Waals surface area contributed by atoms with Gasteiger partial charge in [0.2, 0.25) is 0 Å². The quantitative estimate of drug-likeness (QED) is 0.680. The lowest BCUT2D eigenvalue weighted by Gasteiger charge is -2.04. The number of benzene rings is 1. The van der Waals surface area contributed by atoms with Gasteiger partial charge in [0, 0.05) is 24.7 Å². The van der Waals surface area contributed by atoms with Gasteiger partial charge in [0.05, 0.1) is 16.7 Å². The van der Waals surface area contributed by atoms with Gasteiger partial charge in [-0.25, -0.2) is 4.79 Å². The Labute approximate surface area is 119 Å². The van der Waals surface area contributed by atoms with Crippen LogP contribution in [-0.2, 0) is 7.05 Å². The van der Waals surface area contributed by atoms with Crippen LogP contribution in [0.3, 0.4) is 0 Å². The third-order valence-electron chi connectivity index (χ3n) is 2.82. The molecule has 0 unspecified atom stereocenters. The van der Waals surface area contributed by atoms with Crippen LogP contribution in [-0.4, -0.2) is 20.7 Å². The number of aryl methyl sites for hydroxylation is 1. The average molecular weight is 288 g/mol. The number of carbonyl (C=O) groups is 1. The predicted molar refractivity (Wildman–Crippen MR) is 74.9 cm³/mol. The van der Waals surface area contributed by atoms with Crippen LogP contribution in [0.5, 0.6) is 5.75 Å². The predicted octanol–water partition coefficient (Wildman–Crippen LogP) is 2.84. The molecule has 0 aliphatic carbocycles. The molecule has 0 aliphatic heterocycles. The van der Waals surface area contributed by atoms with E-state index in [0.29, 0.717) is 16.5 Å². The van der Waals surface area contributed by atoms with Gasteiger partial charge in [0.25, 0.3) is 0 Å². The summed E-state index contributed by atoms with van der Waals surface area (Å²) in [6.45, 7) is 0. The first-order valence-electron chi connectivity index (χ1n) is 5.89. The highest BCUT2D eigenvalue weighted by Crippen LogP contribution is 2.21. The minimum absolute atomic E-state index is 0.299. The van der Waals surface area contributed by atoms with Gasteiger partial charge < -0.3 is 4.74 Å². The van der Waals surface area contributed by atoms with Crippen LogP contribution in [0.1, 0.15) is 10.5 Å². The zero-order chi connectivity index (χ0) is 14.1. The Morgan fingerprint density at radius 3 is 2.90 bits per heavy atom. The van der Waals surface area contributed by atoms with Crippen molar-refractivity contribution < 1.29 is 9.53 Å². The number of rotatable bonds is 2. The molecule has 2 heterocycles. The highest BCUT2D eigenvalue weighted by molar-refractivity contribution is 6.30. The first-order valence-corrected chi connectivity index (χ1v) is 6.27. The van der Waals surface area contributed by atoms with Gasteiger partial charge in [-0.15, -0.1) is 0 Å². The summed E-state index contributed by atoms with van der Waals surface area (Å²) in [7, 11) is 1.70. The topological polar surface area (TPSA) is 57.0 Å². The second-order valence-corrected chi connectivity index (χ2v) is 4.65. The van der Waals surface area contributed by atoms with Crippen LogP contribution >= 0.6 is 11.6 Å². The highest BCUT2D eigenvalue weighted by Gasteiger charge is 2.18. The molecular formula is C14H10ClN3O2. The number of esters is 1. The number of hydrogen-bond acceptors (Lipinski definition) is 4. The Balaban J connectivity index is 1.99. The molecule has 0 bridgehead atoms. The van der Waals surface area contributed by atoms with Crippen molar-refractivity contribution in [1.82, 2.24) is 14.8 Å². The highest BCUT2D eigenvalue weighted by atomic mass is 35.5. The van der Waals surface area contributed by atoms with Crippen molar-refractivity contribution in [1.29, 1.82) is 0 Å². The average Bonchev–Trinajstić information content (AvgIpc) is 2.74. The molecule has 3 rings (SSSR count). The van der Waals surface area contributed by atoms with Gasteiger partial charge >= 0.3 is 5.97 Å². The first kappa shape index (κ1) is 12.6. The van der Waals surface area contributed by atoms with Gasteiger partial charge in [-0.2, -0.15) is 5.10 Å². The van der Waals surface area contributed by atoms with Crippen LogP contribution < -0.4 is 4.74 Å². The van der Waals surface area contributed by atoms with E-state index in [1.807, 2.05) is 24.3 Å². The van der Waals surface area contributed by atoms with E-state index in [1.165, 1.54) is 23.1 Å². The molecule has 0 fully saturated rings. The van der Waals surface area contributed by atoms with Gasteiger partial charge in [-0.3, -0.25) is 9.67 Å². The number of fused-ring (bicyclic) bond motifs is 1. The van der Waals surface area contributed by atoms with Crippen LogP contribution in [0.15, 0.2) is 42.7 Å². The molecule has 6 heteroatoms. The summed E-state index contributed by atoms with van der Waals surface area (Å²) in [4.78, 5) is 16.1. The minimum atomic E-state index is -0.495. The molecule has 0 N–H and O–H groups in total. The second-order valence-electron chi connectivity index (χ2n) is 4.22. The molecule has 2 aromatic heterocycles. The fraction of sp³-hybridized carbons (Fsp3) is 0.0714. The summed E-state index contributed by atoms with van der Waals surface area (Å²) in [5.41, 5.74) is 1.13. The molecule has 100 valence electrons. The first-order chi connectivity index (χ1) is 9.65. The van der Waals surface area contributed by atoms with Gasteiger partial charge in [-0.1, -0.05) is 29.8 Å². The Morgan fingerprint density at radius 2 is 2.10 bits per heavy atom. The smallest absolute Gasteiger partial charge is 0.362 e. The van der Waals surface area contributed by atoms with Crippen LogP contribution in [0.25, 0.3) is 10.9 Å². The summed E-state index contributed by atoms with van der Waals surface area (Å²) < 4.78 is 6.79. The van der Waals surface area contributed by atoms with E-state index in [-0.39, 0.29) is 0 Å². The lowest BCUT2D eigenvalue weighted by molar-refractivity contribution is 0.0725. The summed E-state index contributed by atoms with van der Waals surface area (Å²) in [5.74, 6) is -0.196. The Morgan fingerprint density at radius 1 is 1.30 bits per heavy atom. The zero-order valence-corrected chi connectivity index (χ0v) is 11.3. The maximum atomic E-state index is 12.3. The van der Waals surface area contributed by atoms with Crippen LogP contribution in [0.4, 0.5) is 0 Å². The molecule has 0 saturated carbocycles. The molecule has 20 heavy (non-hydrogen) atoms. The van der Waals surface area contributed by atoms with Crippen molar-refractivity contribution in [2.24, 2.45) is 7.05 Å². The van der Waals surface area contributed by atoms with E-state index in [9.17, 15) is 4.79 Å². The number of carbonyl (C=O) groups excluding carboxylic acids is 1. The van der Waals surface area contributed by atoms with E-state index < -0.39 is 5.97 Å². The molecule has 1 aromatic carbocycles.